The van der Waals surface area contributed by atoms with Crippen molar-refractivity contribution in [2.24, 2.45) is 5.92 Å². The number of nitrogens with one attached hydrogen (secondary N) is 2. The molecule has 0 aromatic heterocycles. The molecule has 2 N–H and O–H groups in total. The predicted molar refractivity (Wildman–Crippen MR) is 88.6 cm³/mol. The molecule has 0 bridgehead atoms. The molecule has 5 nitrogen and oxygen atoms in total. The molecule has 2 aliphatic rings. The molecule has 1 saturated carbocycles. The number of piperidine rings is 1. The fourth-order valence-electron chi connectivity index (χ4n) is 2.62. The molecule has 1 aliphatic heterocycles. The number of hydrogen-bond acceptors (Lipinski definition) is 2. The lowest BCUT2D eigenvalue weighted by Gasteiger charge is -2.31. The third-order valence-electron chi connectivity index (χ3n) is 4.17. The van der Waals surface area contributed by atoms with Crippen LogP contribution in [-0.2, 0) is 4.79 Å². The van der Waals surface area contributed by atoms with E-state index in [0.717, 1.165) is 35.8 Å². The number of urea groups is 1. The van der Waals surface area contributed by atoms with Crippen molar-refractivity contribution in [3.8, 4) is 0 Å². The monoisotopic (exact) mass is 365 g/mol. The summed E-state index contributed by atoms with van der Waals surface area (Å²) in [6.07, 6.45) is 3.64. The molecule has 1 aromatic rings. The molecule has 0 unspecified atom stereocenters. The van der Waals surface area contributed by atoms with E-state index >= 15 is 0 Å². The smallest absolute Gasteiger partial charge is 0.317 e. The minimum Gasteiger partial charge on any atom is -0.335 e. The van der Waals surface area contributed by atoms with Crippen molar-refractivity contribution in [3.63, 3.8) is 0 Å². The summed E-state index contributed by atoms with van der Waals surface area (Å²) in [7, 11) is 0. The number of benzene rings is 1. The minimum absolute atomic E-state index is 0.0198. The highest BCUT2D eigenvalue weighted by Gasteiger charge is 2.30. The third-order valence-corrected chi connectivity index (χ3v) is 4.70. The highest BCUT2D eigenvalue weighted by Crippen LogP contribution is 2.22. The quantitative estimate of drug-likeness (QED) is 0.864. The van der Waals surface area contributed by atoms with Crippen LogP contribution in [0.3, 0.4) is 0 Å². The fourth-order valence-corrected chi connectivity index (χ4v) is 2.88. The number of carbonyl (C=O) groups excluding carboxylic acids is 2. The lowest BCUT2D eigenvalue weighted by atomic mass is 9.96. The highest BCUT2D eigenvalue weighted by atomic mass is 79.9. The van der Waals surface area contributed by atoms with Crippen molar-refractivity contribution in [1.29, 1.82) is 0 Å². The summed E-state index contributed by atoms with van der Waals surface area (Å²) in [5.74, 6) is 0.0261. The standard InChI is InChI=1S/C16H20BrN3O2/c17-12-1-3-13(4-2-12)18-15(21)11-7-9-20(10-8-11)16(22)19-14-5-6-14/h1-4,11,14H,5-10H2,(H,18,21)(H,19,22). The van der Waals surface area contributed by atoms with Crippen LogP contribution in [0.15, 0.2) is 28.7 Å². The Bertz CT molecular complexity index is 549. The molecule has 0 radical (unpaired) electrons. The van der Waals surface area contributed by atoms with E-state index in [-0.39, 0.29) is 17.9 Å². The van der Waals surface area contributed by atoms with E-state index < -0.39 is 0 Å². The second kappa shape index (κ2) is 6.69. The van der Waals surface area contributed by atoms with Crippen LogP contribution in [0.2, 0.25) is 0 Å². The number of nitrogens with zero attached hydrogens (tertiary/aromatic N) is 1. The number of anilines is 1. The molecular weight excluding hydrogens is 346 g/mol. The summed E-state index contributed by atoms with van der Waals surface area (Å²) in [6, 6.07) is 7.96. The summed E-state index contributed by atoms with van der Waals surface area (Å²) >= 11 is 3.37. The molecule has 3 rings (SSSR count). The number of amides is 3. The highest BCUT2D eigenvalue weighted by molar-refractivity contribution is 9.10. The second-order valence-electron chi connectivity index (χ2n) is 5.98. The first-order valence-electron chi connectivity index (χ1n) is 7.74. The van der Waals surface area contributed by atoms with Gasteiger partial charge in [-0.2, -0.15) is 0 Å². The maximum Gasteiger partial charge on any atom is 0.317 e. The molecule has 3 amide bonds. The van der Waals surface area contributed by atoms with E-state index in [2.05, 4.69) is 26.6 Å². The van der Waals surface area contributed by atoms with E-state index in [9.17, 15) is 9.59 Å². The molecule has 118 valence electrons. The molecule has 6 heteroatoms. The average Bonchev–Trinajstić information content (AvgIpc) is 3.33. The average molecular weight is 366 g/mol. The molecule has 22 heavy (non-hydrogen) atoms. The second-order valence-corrected chi connectivity index (χ2v) is 6.90. The SMILES string of the molecule is O=C(Nc1ccc(Br)cc1)C1CCN(C(=O)NC2CC2)CC1. The third kappa shape index (κ3) is 4.00. The van der Waals surface area contributed by atoms with Crippen LogP contribution >= 0.6 is 15.9 Å². The van der Waals surface area contributed by atoms with Crippen LogP contribution in [0.4, 0.5) is 10.5 Å². The summed E-state index contributed by atoms with van der Waals surface area (Å²) < 4.78 is 0.987. The van der Waals surface area contributed by atoms with Gasteiger partial charge in [-0.3, -0.25) is 4.79 Å². The van der Waals surface area contributed by atoms with Gasteiger partial charge >= 0.3 is 6.03 Å². The summed E-state index contributed by atoms with van der Waals surface area (Å²) in [5.41, 5.74) is 0.808. The van der Waals surface area contributed by atoms with Gasteiger partial charge in [-0.1, -0.05) is 15.9 Å². The van der Waals surface area contributed by atoms with Crippen LogP contribution in [0.1, 0.15) is 25.7 Å². The topological polar surface area (TPSA) is 61.4 Å². The summed E-state index contributed by atoms with van der Waals surface area (Å²) in [6.45, 7) is 1.30. The van der Waals surface area contributed by atoms with E-state index in [1.54, 1.807) is 0 Å². The zero-order valence-electron chi connectivity index (χ0n) is 12.3. The van der Waals surface area contributed by atoms with Crippen molar-refractivity contribution >= 4 is 33.6 Å². The predicted octanol–water partition coefficient (Wildman–Crippen LogP) is 2.97. The van der Waals surface area contributed by atoms with Crippen LogP contribution in [0.25, 0.3) is 0 Å². The van der Waals surface area contributed by atoms with Crippen LogP contribution in [0.5, 0.6) is 0 Å². The largest absolute Gasteiger partial charge is 0.335 e. The van der Waals surface area contributed by atoms with Gasteiger partial charge in [0.15, 0.2) is 0 Å². The zero-order chi connectivity index (χ0) is 15.5. The Balaban J connectivity index is 1.46. The van der Waals surface area contributed by atoms with Crippen LogP contribution in [-0.4, -0.2) is 36.0 Å². The number of hydrogen-bond donors (Lipinski definition) is 2. The van der Waals surface area contributed by atoms with E-state index in [4.69, 9.17) is 0 Å². The summed E-state index contributed by atoms with van der Waals surface area (Å²) in [5, 5.41) is 5.94. The molecule has 2 fully saturated rings. The minimum atomic E-state index is -0.0198. The lowest BCUT2D eigenvalue weighted by Crippen LogP contribution is -2.46. The van der Waals surface area contributed by atoms with Crippen molar-refractivity contribution < 1.29 is 9.59 Å². The Morgan fingerprint density at radius 1 is 1.05 bits per heavy atom. The fraction of sp³-hybridized carbons (Fsp3) is 0.500. The van der Waals surface area contributed by atoms with Crippen LogP contribution < -0.4 is 10.6 Å². The van der Waals surface area contributed by atoms with Gasteiger partial charge in [0.2, 0.25) is 5.91 Å². The molecule has 1 aromatic carbocycles. The number of halogens is 1. The molecule has 0 spiro atoms. The van der Waals surface area contributed by atoms with Crippen molar-refractivity contribution in [2.45, 2.75) is 31.7 Å². The van der Waals surface area contributed by atoms with Gasteiger partial charge in [0.25, 0.3) is 0 Å². The number of rotatable bonds is 3. The van der Waals surface area contributed by atoms with Crippen molar-refractivity contribution in [3.05, 3.63) is 28.7 Å². The maximum atomic E-state index is 12.3. The van der Waals surface area contributed by atoms with E-state index in [1.807, 2.05) is 29.2 Å². The first-order valence-corrected chi connectivity index (χ1v) is 8.53. The van der Waals surface area contributed by atoms with Gasteiger partial charge in [-0.25, -0.2) is 4.79 Å². The molecular formula is C16H20BrN3O2. The van der Waals surface area contributed by atoms with Crippen molar-refractivity contribution in [2.75, 3.05) is 18.4 Å². The molecule has 0 atom stereocenters. The Morgan fingerprint density at radius 3 is 2.27 bits per heavy atom. The summed E-state index contributed by atoms with van der Waals surface area (Å²) in [4.78, 5) is 26.1. The Kier molecular flexibility index (Phi) is 4.66. The maximum absolute atomic E-state index is 12.3. The van der Waals surface area contributed by atoms with Gasteiger partial charge in [0.05, 0.1) is 0 Å². The first-order chi connectivity index (χ1) is 10.6. The van der Waals surface area contributed by atoms with Crippen LogP contribution in [0, 0.1) is 5.92 Å². The zero-order valence-corrected chi connectivity index (χ0v) is 13.9. The van der Waals surface area contributed by atoms with E-state index in [0.29, 0.717) is 19.1 Å². The molecule has 1 saturated heterocycles. The van der Waals surface area contributed by atoms with Gasteiger partial charge < -0.3 is 15.5 Å². The Morgan fingerprint density at radius 2 is 1.68 bits per heavy atom. The van der Waals surface area contributed by atoms with E-state index in [1.165, 1.54) is 0 Å². The normalized spacial score (nSPS) is 18.9. The number of carbonyl (C=O) groups is 2. The molecule has 1 aliphatic carbocycles. The Hall–Kier alpha value is -1.56. The first kappa shape index (κ1) is 15.3. The van der Waals surface area contributed by atoms with Gasteiger partial charge in [0, 0.05) is 35.2 Å². The van der Waals surface area contributed by atoms with Gasteiger partial charge in [0.1, 0.15) is 0 Å². The molecule has 1 heterocycles. The van der Waals surface area contributed by atoms with Gasteiger partial charge in [-0.05, 0) is 49.9 Å². The lowest BCUT2D eigenvalue weighted by molar-refractivity contribution is -0.121. The Labute approximate surface area is 138 Å². The van der Waals surface area contributed by atoms with Gasteiger partial charge in [-0.15, -0.1) is 0 Å². The number of likely N-dealkylation sites (tertiary alicyclic amines) is 1. The van der Waals surface area contributed by atoms with Crippen molar-refractivity contribution in [1.82, 2.24) is 10.2 Å².